The molecule has 0 aliphatic heterocycles. The van der Waals surface area contributed by atoms with Crippen LogP contribution in [0, 0.1) is 10.1 Å². The molecule has 0 aliphatic rings. The molecule has 0 radical (unpaired) electrons. The number of ether oxygens (including phenoxy) is 2. The topological polar surface area (TPSA) is 61.6 Å². The molecule has 0 N–H and O–H groups in total. The second-order valence-corrected chi connectivity index (χ2v) is 4.82. The van der Waals surface area contributed by atoms with Crippen LogP contribution >= 0.6 is 0 Å². The lowest BCUT2D eigenvalue weighted by atomic mass is 10.2. The SMILES string of the molecule is CC(C)Oc1ccc(COc2ccccc2[N+](=O)[O-])cc1. The van der Waals surface area contributed by atoms with Crippen molar-refractivity contribution in [3.8, 4) is 11.5 Å². The maximum Gasteiger partial charge on any atom is 0.310 e. The highest BCUT2D eigenvalue weighted by atomic mass is 16.6. The Hall–Kier alpha value is -2.56. The summed E-state index contributed by atoms with van der Waals surface area (Å²) >= 11 is 0. The van der Waals surface area contributed by atoms with Crippen LogP contribution in [0.3, 0.4) is 0 Å². The molecule has 110 valence electrons. The Morgan fingerprint density at radius 2 is 1.76 bits per heavy atom. The summed E-state index contributed by atoms with van der Waals surface area (Å²) in [5, 5.41) is 10.9. The molecular weight excluding hydrogens is 270 g/mol. The van der Waals surface area contributed by atoms with Gasteiger partial charge in [0.2, 0.25) is 0 Å². The molecule has 2 aromatic rings. The van der Waals surface area contributed by atoms with Crippen LogP contribution in [0.5, 0.6) is 11.5 Å². The van der Waals surface area contributed by atoms with E-state index in [1.54, 1.807) is 18.2 Å². The number of nitro benzene ring substituents is 1. The molecule has 2 rings (SSSR count). The molecular formula is C16H17NO4. The Bertz CT molecular complexity index is 608. The zero-order chi connectivity index (χ0) is 15.2. The summed E-state index contributed by atoms with van der Waals surface area (Å²) < 4.78 is 11.1. The third-order valence-corrected chi connectivity index (χ3v) is 2.75. The van der Waals surface area contributed by atoms with Crippen LogP contribution in [0.4, 0.5) is 5.69 Å². The van der Waals surface area contributed by atoms with Crippen LogP contribution in [0.1, 0.15) is 19.4 Å². The summed E-state index contributed by atoms with van der Waals surface area (Å²) in [4.78, 5) is 10.4. The number of nitrogens with zero attached hydrogens (tertiary/aromatic N) is 1. The summed E-state index contributed by atoms with van der Waals surface area (Å²) in [6.45, 7) is 4.20. The van der Waals surface area contributed by atoms with Crippen LogP contribution < -0.4 is 9.47 Å². The highest BCUT2D eigenvalue weighted by molar-refractivity contribution is 5.45. The van der Waals surface area contributed by atoms with E-state index < -0.39 is 4.92 Å². The van der Waals surface area contributed by atoms with E-state index in [1.807, 2.05) is 38.1 Å². The summed E-state index contributed by atoms with van der Waals surface area (Å²) in [5.41, 5.74) is 0.890. The molecule has 0 unspecified atom stereocenters. The number of rotatable bonds is 6. The van der Waals surface area contributed by atoms with E-state index in [4.69, 9.17) is 9.47 Å². The van der Waals surface area contributed by atoms with E-state index in [1.165, 1.54) is 6.07 Å². The Balaban J connectivity index is 2.02. The van der Waals surface area contributed by atoms with Crippen molar-refractivity contribution in [2.45, 2.75) is 26.6 Å². The van der Waals surface area contributed by atoms with Gasteiger partial charge in [0.05, 0.1) is 11.0 Å². The molecule has 0 aliphatic carbocycles. The Labute approximate surface area is 123 Å². The van der Waals surface area contributed by atoms with Gasteiger partial charge in [-0.15, -0.1) is 0 Å². The quantitative estimate of drug-likeness (QED) is 0.596. The highest BCUT2D eigenvalue weighted by Crippen LogP contribution is 2.26. The molecule has 0 saturated carbocycles. The van der Waals surface area contributed by atoms with Crippen LogP contribution in [0.25, 0.3) is 0 Å². The molecule has 0 aromatic heterocycles. The van der Waals surface area contributed by atoms with Crippen molar-refractivity contribution < 1.29 is 14.4 Å². The molecule has 5 heteroatoms. The van der Waals surface area contributed by atoms with Gasteiger partial charge in [-0.2, -0.15) is 0 Å². The summed E-state index contributed by atoms with van der Waals surface area (Å²) in [5.74, 6) is 1.06. The molecule has 0 fully saturated rings. The van der Waals surface area contributed by atoms with Gasteiger partial charge >= 0.3 is 5.69 Å². The average Bonchev–Trinajstić information content (AvgIpc) is 2.46. The smallest absolute Gasteiger partial charge is 0.310 e. The molecule has 0 amide bonds. The summed E-state index contributed by atoms with van der Waals surface area (Å²) in [6.07, 6.45) is 0.124. The molecule has 21 heavy (non-hydrogen) atoms. The molecule has 0 saturated heterocycles. The normalized spacial score (nSPS) is 10.4. The first kappa shape index (κ1) is 14.8. The predicted octanol–water partition coefficient (Wildman–Crippen LogP) is 3.96. The first-order chi connectivity index (χ1) is 10.1. The zero-order valence-electron chi connectivity index (χ0n) is 12.0. The van der Waals surface area contributed by atoms with Crippen LogP contribution in [-0.4, -0.2) is 11.0 Å². The van der Waals surface area contributed by atoms with Gasteiger partial charge in [-0.3, -0.25) is 10.1 Å². The van der Waals surface area contributed by atoms with Gasteiger partial charge < -0.3 is 9.47 Å². The third kappa shape index (κ3) is 4.21. The first-order valence-corrected chi connectivity index (χ1v) is 6.68. The molecule has 2 aromatic carbocycles. The van der Waals surface area contributed by atoms with Gasteiger partial charge in [0, 0.05) is 6.07 Å². The van der Waals surface area contributed by atoms with Gasteiger partial charge in [-0.1, -0.05) is 24.3 Å². The molecule has 0 heterocycles. The van der Waals surface area contributed by atoms with Crippen molar-refractivity contribution in [1.29, 1.82) is 0 Å². The van der Waals surface area contributed by atoms with E-state index in [9.17, 15) is 10.1 Å². The fourth-order valence-electron chi connectivity index (χ4n) is 1.83. The predicted molar refractivity (Wildman–Crippen MR) is 79.6 cm³/mol. The minimum Gasteiger partial charge on any atom is -0.491 e. The van der Waals surface area contributed by atoms with E-state index >= 15 is 0 Å². The standard InChI is InChI=1S/C16H17NO4/c1-12(2)21-14-9-7-13(8-10-14)11-20-16-6-4-3-5-15(16)17(18)19/h3-10,12H,11H2,1-2H3. The fraction of sp³-hybridized carbons (Fsp3) is 0.250. The summed E-state index contributed by atoms with van der Waals surface area (Å²) in [7, 11) is 0. The zero-order valence-corrected chi connectivity index (χ0v) is 12.0. The highest BCUT2D eigenvalue weighted by Gasteiger charge is 2.13. The summed E-state index contributed by atoms with van der Waals surface area (Å²) in [6, 6.07) is 13.8. The van der Waals surface area contributed by atoms with E-state index in [-0.39, 0.29) is 24.1 Å². The van der Waals surface area contributed by atoms with Crippen molar-refractivity contribution in [2.24, 2.45) is 0 Å². The fourth-order valence-corrected chi connectivity index (χ4v) is 1.83. The van der Waals surface area contributed by atoms with E-state index in [0.29, 0.717) is 0 Å². The van der Waals surface area contributed by atoms with Crippen LogP contribution in [0.2, 0.25) is 0 Å². The third-order valence-electron chi connectivity index (χ3n) is 2.75. The van der Waals surface area contributed by atoms with Gasteiger partial charge in [0.25, 0.3) is 0 Å². The molecule has 5 nitrogen and oxygen atoms in total. The van der Waals surface area contributed by atoms with Crippen LogP contribution in [-0.2, 0) is 6.61 Å². The molecule has 0 bridgehead atoms. The lowest BCUT2D eigenvalue weighted by molar-refractivity contribution is -0.385. The van der Waals surface area contributed by atoms with Crippen molar-refractivity contribution in [3.05, 3.63) is 64.2 Å². The maximum atomic E-state index is 10.9. The Kier molecular flexibility index (Phi) is 4.77. The minimum atomic E-state index is -0.449. The Morgan fingerprint density at radius 1 is 1.10 bits per heavy atom. The second kappa shape index (κ2) is 6.74. The van der Waals surface area contributed by atoms with Crippen molar-refractivity contribution in [2.75, 3.05) is 0 Å². The lowest BCUT2D eigenvalue weighted by Gasteiger charge is -2.10. The van der Waals surface area contributed by atoms with E-state index in [2.05, 4.69) is 0 Å². The number of benzene rings is 2. The Morgan fingerprint density at radius 3 is 2.38 bits per heavy atom. The van der Waals surface area contributed by atoms with Gasteiger partial charge in [-0.25, -0.2) is 0 Å². The number of nitro groups is 1. The van der Waals surface area contributed by atoms with Gasteiger partial charge in [0.15, 0.2) is 5.75 Å². The van der Waals surface area contributed by atoms with Gasteiger partial charge in [0.1, 0.15) is 12.4 Å². The molecule has 0 spiro atoms. The maximum absolute atomic E-state index is 10.9. The second-order valence-electron chi connectivity index (χ2n) is 4.82. The number of para-hydroxylation sites is 2. The number of hydrogen-bond donors (Lipinski definition) is 0. The number of hydrogen-bond acceptors (Lipinski definition) is 4. The first-order valence-electron chi connectivity index (χ1n) is 6.68. The lowest BCUT2D eigenvalue weighted by Crippen LogP contribution is -2.05. The van der Waals surface area contributed by atoms with Crippen molar-refractivity contribution in [1.82, 2.24) is 0 Å². The molecule has 0 atom stereocenters. The van der Waals surface area contributed by atoms with Crippen molar-refractivity contribution >= 4 is 5.69 Å². The minimum absolute atomic E-state index is 0.0303. The van der Waals surface area contributed by atoms with E-state index in [0.717, 1.165) is 11.3 Å². The van der Waals surface area contributed by atoms with Crippen molar-refractivity contribution in [3.63, 3.8) is 0 Å². The van der Waals surface area contributed by atoms with Crippen LogP contribution in [0.15, 0.2) is 48.5 Å². The monoisotopic (exact) mass is 287 g/mol. The largest absolute Gasteiger partial charge is 0.491 e. The van der Waals surface area contributed by atoms with Gasteiger partial charge in [-0.05, 0) is 37.6 Å². The average molecular weight is 287 g/mol.